The molecule has 1 aromatic carbocycles. The fourth-order valence-electron chi connectivity index (χ4n) is 2.87. The highest BCUT2D eigenvalue weighted by Gasteiger charge is 2.20. The fraction of sp³-hybridized carbons (Fsp3) is 0.333. The predicted molar refractivity (Wildman–Crippen MR) is 97.4 cm³/mol. The fourth-order valence-corrected chi connectivity index (χ4v) is 3.42. The Kier molecular flexibility index (Phi) is 6.03. The van der Waals surface area contributed by atoms with Crippen molar-refractivity contribution in [2.45, 2.75) is 33.7 Å². The molecule has 0 aliphatic carbocycles. The number of aromatic amines is 1. The Hall–Kier alpha value is -1.69. The molecule has 134 valence electrons. The predicted octanol–water partition coefficient (Wildman–Crippen LogP) is 4.81. The molecule has 1 atom stereocenters. The van der Waals surface area contributed by atoms with E-state index in [0.29, 0.717) is 33.1 Å². The summed E-state index contributed by atoms with van der Waals surface area (Å²) < 4.78 is 13.6. The molecular formula is C18H19Cl2FN2O2. The number of hydrogen-bond donors (Lipinski definition) is 2. The number of halogens is 3. The molecule has 2 aromatic rings. The van der Waals surface area contributed by atoms with Gasteiger partial charge in [-0.15, -0.1) is 0 Å². The molecule has 7 heteroatoms. The third-order valence-corrected chi connectivity index (χ3v) is 4.76. The lowest BCUT2D eigenvalue weighted by Gasteiger charge is -2.16. The molecule has 0 saturated heterocycles. The number of nitrogens with one attached hydrogen (secondary N) is 2. The van der Waals surface area contributed by atoms with Gasteiger partial charge in [0, 0.05) is 22.3 Å². The van der Waals surface area contributed by atoms with Gasteiger partial charge in [0.05, 0.1) is 17.3 Å². The van der Waals surface area contributed by atoms with Crippen LogP contribution < -0.4 is 5.32 Å². The van der Waals surface area contributed by atoms with E-state index in [1.807, 2.05) is 0 Å². The van der Waals surface area contributed by atoms with Crippen LogP contribution in [-0.4, -0.2) is 23.1 Å². The molecule has 0 amide bonds. The number of hydrogen-bond acceptors (Lipinski definition) is 3. The average Bonchev–Trinajstić information content (AvgIpc) is 2.83. The monoisotopic (exact) mass is 384 g/mol. The van der Waals surface area contributed by atoms with E-state index in [-0.39, 0.29) is 29.2 Å². The van der Waals surface area contributed by atoms with Crippen LogP contribution in [0.15, 0.2) is 12.1 Å². The van der Waals surface area contributed by atoms with Crippen LogP contribution in [0.4, 0.5) is 4.39 Å². The van der Waals surface area contributed by atoms with E-state index >= 15 is 0 Å². The molecule has 0 spiro atoms. The number of carbonyl (C=O) groups excluding carboxylic acids is 2. The number of Topliss-reactive ketones (excluding diaryl/α,β-unsaturated/α-hetero) is 2. The van der Waals surface area contributed by atoms with Gasteiger partial charge in [0.1, 0.15) is 5.82 Å². The van der Waals surface area contributed by atoms with Crippen LogP contribution in [0.2, 0.25) is 10.0 Å². The Balaban J connectivity index is 2.14. The van der Waals surface area contributed by atoms with E-state index in [4.69, 9.17) is 23.2 Å². The number of rotatable bonds is 6. The average molecular weight is 385 g/mol. The van der Waals surface area contributed by atoms with Gasteiger partial charge in [-0.2, -0.15) is 0 Å². The van der Waals surface area contributed by atoms with Gasteiger partial charge in [-0.25, -0.2) is 4.39 Å². The van der Waals surface area contributed by atoms with Gasteiger partial charge in [0.2, 0.25) is 0 Å². The first-order chi connectivity index (χ1) is 11.6. The van der Waals surface area contributed by atoms with Crippen molar-refractivity contribution in [2.75, 3.05) is 6.54 Å². The maximum Gasteiger partial charge on any atom is 0.193 e. The van der Waals surface area contributed by atoms with Crippen LogP contribution in [0, 0.1) is 19.7 Å². The summed E-state index contributed by atoms with van der Waals surface area (Å²) in [5.74, 6) is -0.844. The van der Waals surface area contributed by atoms with E-state index in [1.54, 1.807) is 20.8 Å². The molecule has 0 aliphatic rings. The van der Waals surface area contributed by atoms with Crippen molar-refractivity contribution in [3.63, 3.8) is 0 Å². The molecule has 2 N–H and O–H groups in total. The molecule has 0 bridgehead atoms. The zero-order valence-electron chi connectivity index (χ0n) is 14.4. The lowest BCUT2D eigenvalue weighted by atomic mass is 10.0. The highest BCUT2D eigenvalue weighted by atomic mass is 35.5. The quantitative estimate of drug-likeness (QED) is 0.554. The first-order valence-electron chi connectivity index (χ1n) is 7.74. The van der Waals surface area contributed by atoms with Crippen LogP contribution in [0.3, 0.4) is 0 Å². The number of H-pyrrole nitrogens is 1. The van der Waals surface area contributed by atoms with Crippen LogP contribution >= 0.6 is 23.2 Å². The highest BCUT2D eigenvalue weighted by Crippen LogP contribution is 2.28. The normalized spacial score (nSPS) is 12.3. The van der Waals surface area contributed by atoms with Crippen molar-refractivity contribution in [3.05, 3.63) is 56.1 Å². The van der Waals surface area contributed by atoms with E-state index in [9.17, 15) is 14.0 Å². The summed E-state index contributed by atoms with van der Waals surface area (Å²) in [4.78, 5) is 27.1. The van der Waals surface area contributed by atoms with Crippen LogP contribution in [0.25, 0.3) is 0 Å². The van der Waals surface area contributed by atoms with Gasteiger partial charge >= 0.3 is 0 Å². The van der Waals surface area contributed by atoms with Crippen molar-refractivity contribution >= 4 is 34.8 Å². The number of aryl methyl sites for hydroxylation is 1. The molecule has 0 aliphatic heterocycles. The summed E-state index contributed by atoms with van der Waals surface area (Å²) in [6, 6.07) is 2.24. The van der Waals surface area contributed by atoms with Gasteiger partial charge in [-0.05, 0) is 51.0 Å². The number of aromatic nitrogens is 1. The number of carbonyl (C=O) groups is 2. The zero-order chi connectivity index (χ0) is 18.9. The molecule has 25 heavy (non-hydrogen) atoms. The van der Waals surface area contributed by atoms with Gasteiger partial charge in [0.15, 0.2) is 11.6 Å². The summed E-state index contributed by atoms with van der Waals surface area (Å²) in [5, 5.41) is 3.30. The Bertz CT molecular complexity index is 846. The van der Waals surface area contributed by atoms with E-state index in [0.717, 1.165) is 0 Å². The second-order valence-electron chi connectivity index (χ2n) is 5.99. The number of ketones is 2. The van der Waals surface area contributed by atoms with E-state index in [2.05, 4.69) is 10.3 Å². The molecule has 0 radical (unpaired) electrons. The van der Waals surface area contributed by atoms with Crippen molar-refractivity contribution in [1.82, 2.24) is 10.3 Å². The topological polar surface area (TPSA) is 62.0 Å². The minimum absolute atomic E-state index is 0.0138. The second kappa shape index (κ2) is 7.68. The standard InChI is InChI=1S/C18H19Cl2FN2O2/c1-8-17(11(4)24)10(3)23-18(8)16(25)7-22-9(2)12-5-15(21)14(20)6-13(12)19/h5-6,9,22-23H,7H2,1-4H3/t9-/m1/s1. The minimum atomic E-state index is -0.567. The maximum atomic E-state index is 13.6. The second-order valence-corrected chi connectivity index (χ2v) is 6.81. The molecule has 0 saturated carbocycles. The van der Waals surface area contributed by atoms with Crippen molar-refractivity contribution in [3.8, 4) is 0 Å². The lowest BCUT2D eigenvalue weighted by molar-refractivity contribution is 0.0982. The Morgan fingerprint density at radius 1 is 1.24 bits per heavy atom. The molecule has 0 unspecified atom stereocenters. The van der Waals surface area contributed by atoms with Gasteiger partial charge in [0.25, 0.3) is 0 Å². The Labute approximate surface area is 155 Å². The molecule has 2 rings (SSSR count). The minimum Gasteiger partial charge on any atom is -0.355 e. The Morgan fingerprint density at radius 3 is 2.44 bits per heavy atom. The first kappa shape index (κ1) is 19.6. The third-order valence-electron chi connectivity index (χ3n) is 4.14. The largest absolute Gasteiger partial charge is 0.355 e. The van der Waals surface area contributed by atoms with Gasteiger partial charge < -0.3 is 10.3 Å². The van der Waals surface area contributed by atoms with E-state index < -0.39 is 5.82 Å². The van der Waals surface area contributed by atoms with Gasteiger partial charge in [-0.3, -0.25) is 9.59 Å². The summed E-state index contributed by atoms with van der Waals surface area (Å²) in [6.45, 7) is 6.75. The summed E-state index contributed by atoms with van der Waals surface area (Å²) in [7, 11) is 0. The van der Waals surface area contributed by atoms with E-state index in [1.165, 1.54) is 19.1 Å². The van der Waals surface area contributed by atoms with Crippen molar-refractivity contribution in [1.29, 1.82) is 0 Å². The SMILES string of the molecule is CC(=O)c1c(C)[nH]c(C(=O)CN[C@H](C)c2cc(F)c(Cl)cc2Cl)c1C. The maximum absolute atomic E-state index is 13.6. The lowest BCUT2D eigenvalue weighted by Crippen LogP contribution is -2.27. The summed E-state index contributed by atoms with van der Waals surface area (Å²) >= 11 is 11.8. The summed E-state index contributed by atoms with van der Waals surface area (Å²) in [6.07, 6.45) is 0. The zero-order valence-corrected chi connectivity index (χ0v) is 15.9. The van der Waals surface area contributed by atoms with Crippen LogP contribution in [0.5, 0.6) is 0 Å². The smallest absolute Gasteiger partial charge is 0.193 e. The third kappa shape index (κ3) is 4.11. The first-order valence-corrected chi connectivity index (χ1v) is 8.50. The van der Waals surface area contributed by atoms with Crippen molar-refractivity contribution < 1.29 is 14.0 Å². The van der Waals surface area contributed by atoms with Crippen LogP contribution in [0.1, 0.15) is 57.6 Å². The molecule has 0 fully saturated rings. The molecule has 1 aromatic heterocycles. The molecular weight excluding hydrogens is 366 g/mol. The molecule has 4 nitrogen and oxygen atoms in total. The van der Waals surface area contributed by atoms with Gasteiger partial charge in [-0.1, -0.05) is 23.2 Å². The number of benzene rings is 1. The molecule has 1 heterocycles. The highest BCUT2D eigenvalue weighted by molar-refractivity contribution is 6.35. The summed E-state index contributed by atoms with van der Waals surface area (Å²) in [5.41, 5.74) is 2.76. The Morgan fingerprint density at radius 2 is 1.88 bits per heavy atom. The van der Waals surface area contributed by atoms with Crippen LogP contribution in [-0.2, 0) is 0 Å². The van der Waals surface area contributed by atoms with Crippen molar-refractivity contribution in [2.24, 2.45) is 0 Å².